The van der Waals surface area contributed by atoms with E-state index in [1.54, 1.807) is 17.0 Å². The van der Waals surface area contributed by atoms with Gasteiger partial charge in [0.25, 0.3) is 6.43 Å². The van der Waals surface area contributed by atoms with Gasteiger partial charge in [-0.2, -0.15) is 0 Å². The number of alkyl halides is 2. The van der Waals surface area contributed by atoms with E-state index in [1.165, 1.54) is 0 Å². The Balaban J connectivity index is 1.54. The molecule has 2 amide bonds. The number of benzene rings is 2. The first-order valence-corrected chi connectivity index (χ1v) is 9.63. The molecule has 2 fully saturated rings. The van der Waals surface area contributed by atoms with Crippen LogP contribution in [0.25, 0.3) is 11.1 Å². The SMILES string of the molecule is O=C(NCC(F)F)N1CC2(CC2)C[C@@H]1Cc1cccc(-c2ccccc2)c1F. The van der Waals surface area contributed by atoms with Gasteiger partial charge in [0, 0.05) is 18.2 Å². The fourth-order valence-corrected chi connectivity index (χ4v) is 4.22. The topological polar surface area (TPSA) is 32.3 Å². The van der Waals surface area contributed by atoms with Crippen molar-refractivity contribution in [1.29, 1.82) is 0 Å². The Labute approximate surface area is 162 Å². The number of hydrogen-bond acceptors (Lipinski definition) is 1. The summed E-state index contributed by atoms with van der Waals surface area (Å²) in [5.41, 5.74) is 1.99. The number of urea groups is 1. The normalized spacial score (nSPS) is 20.0. The second-order valence-corrected chi connectivity index (χ2v) is 7.91. The second kappa shape index (κ2) is 7.49. The molecule has 0 aromatic heterocycles. The van der Waals surface area contributed by atoms with Crippen molar-refractivity contribution in [3.05, 3.63) is 59.9 Å². The molecule has 28 heavy (non-hydrogen) atoms. The molecule has 0 bridgehead atoms. The molecule has 1 saturated carbocycles. The van der Waals surface area contributed by atoms with Crippen molar-refractivity contribution in [3.63, 3.8) is 0 Å². The molecular weight excluding hydrogens is 365 g/mol. The standard InChI is InChI=1S/C22H23F3N2O/c23-19(24)13-26-21(28)27-14-22(9-10-22)12-17(27)11-16-7-4-8-18(20(16)25)15-5-2-1-3-6-15/h1-8,17,19H,9-14H2,(H,26,28)/t17-/m0/s1. The summed E-state index contributed by atoms with van der Waals surface area (Å²) in [7, 11) is 0. The molecular formula is C22H23F3N2O. The van der Waals surface area contributed by atoms with Crippen molar-refractivity contribution in [2.45, 2.75) is 38.2 Å². The molecule has 2 aliphatic rings. The summed E-state index contributed by atoms with van der Waals surface area (Å²) in [6.45, 7) is -0.0976. The second-order valence-electron chi connectivity index (χ2n) is 7.91. The summed E-state index contributed by atoms with van der Waals surface area (Å²) in [5.74, 6) is -0.279. The van der Waals surface area contributed by atoms with Crippen LogP contribution in [0, 0.1) is 11.2 Å². The quantitative estimate of drug-likeness (QED) is 0.779. The Kier molecular flexibility index (Phi) is 5.04. The number of likely N-dealkylation sites (tertiary alicyclic amines) is 1. The highest BCUT2D eigenvalue weighted by atomic mass is 19.3. The molecule has 2 aromatic rings. The van der Waals surface area contributed by atoms with Gasteiger partial charge >= 0.3 is 6.03 Å². The molecule has 1 spiro atoms. The number of hydrogen-bond donors (Lipinski definition) is 1. The van der Waals surface area contributed by atoms with Gasteiger partial charge < -0.3 is 10.2 Å². The van der Waals surface area contributed by atoms with Gasteiger partial charge in [-0.3, -0.25) is 0 Å². The summed E-state index contributed by atoms with van der Waals surface area (Å²) in [6.07, 6.45) is 0.670. The zero-order valence-corrected chi connectivity index (χ0v) is 15.5. The lowest BCUT2D eigenvalue weighted by Crippen LogP contribution is -2.45. The van der Waals surface area contributed by atoms with Crippen LogP contribution in [-0.2, 0) is 6.42 Å². The third-order valence-corrected chi connectivity index (χ3v) is 5.86. The van der Waals surface area contributed by atoms with E-state index in [0.29, 0.717) is 24.1 Å². The lowest BCUT2D eigenvalue weighted by Gasteiger charge is -2.25. The first-order valence-electron chi connectivity index (χ1n) is 9.63. The van der Waals surface area contributed by atoms with E-state index in [-0.39, 0.29) is 17.3 Å². The minimum Gasteiger partial charge on any atom is -0.332 e. The van der Waals surface area contributed by atoms with E-state index >= 15 is 4.39 Å². The molecule has 1 N–H and O–H groups in total. The molecule has 2 aromatic carbocycles. The summed E-state index contributed by atoms with van der Waals surface area (Å²) < 4.78 is 40.1. The third kappa shape index (κ3) is 3.86. The highest BCUT2D eigenvalue weighted by molar-refractivity contribution is 5.75. The van der Waals surface area contributed by atoms with E-state index in [9.17, 15) is 13.6 Å². The zero-order chi connectivity index (χ0) is 19.7. The predicted octanol–water partition coefficient (Wildman–Crippen LogP) is 4.86. The van der Waals surface area contributed by atoms with E-state index in [0.717, 1.165) is 24.8 Å². The van der Waals surface area contributed by atoms with Crippen LogP contribution in [0.3, 0.4) is 0 Å². The van der Waals surface area contributed by atoms with Crippen LogP contribution in [0.2, 0.25) is 0 Å². The van der Waals surface area contributed by atoms with Crippen molar-refractivity contribution in [2.75, 3.05) is 13.1 Å². The van der Waals surface area contributed by atoms with Crippen LogP contribution in [0.15, 0.2) is 48.5 Å². The third-order valence-electron chi connectivity index (χ3n) is 5.86. The minimum absolute atomic E-state index is 0.0976. The lowest BCUT2D eigenvalue weighted by atomic mass is 9.95. The fourth-order valence-electron chi connectivity index (χ4n) is 4.22. The van der Waals surface area contributed by atoms with Gasteiger partial charge in [0.1, 0.15) is 5.82 Å². The summed E-state index contributed by atoms with van der Waals surface area (Å²) in [5, 5.41) is 2.30. The Bertz CT molecular complexity index is 852. The highest BCUT2D eigenvalue weighted by Gasteiger charge is 2.53. The lowest BCUT2D eigenvalue weighted by molar-refractivity contribution is 0.138. The monoisotopic (exact) mass is 388 g/mol. The molecule has 6 heteroatoms. The van der Waals surface area contributed by atoms with Crippen molar-refractivity contribution in [3.8, 4) is 11.1 Å². The van der Waals surface area contributed by atoms with Crippen LogP contribution in [0.1, 0.15) is 24.8 Å². The number of rotatable bonds is 5. The molecule has 1 saturated heterocycles. The maximum Gasteiger partial charge on any atom is 0.317 e. The van der Waals surface area contributed by atoms with Gasteiger partial charge in [-0.25, -0.2) is 18.0 Å². The molecule has 0 radical (unpaired) electrons. The van der Waals surface area contributed by atoms with Crippen LogP contribution >= 0.6 is 0 Å². The number of carbonyl (C=O) groups excluding carboxylic acids is 1. The molecule has 1 aliphatic heterocycles. The molecule has 3 nitrogen and oxygen atoms in total. The maximum atomic E-state index is 15.2. The average molecular weight is 388 g/mol. The molecule has 1 atom stereocenters. The summed E-state index contributed by atoms with van der Waals surface area (Å²) >= 11 is 0. The van der Waals surface area contributed by atoms with Crippen LogP contribution in [-0.4, -0.2) is 36.5 Å². The van der Waals surface area contributed by atoms with Gasteiger partial charge in [-0.1, -0.05) is 48.5 Å². The molecule has 148 valence electrons. The number of amides is 2. The maximum absolute atomic E-state index is 15.2. The Morgan fingerprint density at radius 2 is 1.89 bits per heavy atom. The van der Waals surface area contributed by atoms with Crippen molar-refractivity contribution in [1.82, 2.24) is 10.2 Å². The van der Waals surface area contributed by atoms with Gasteiger partial charge in [0.05, 0.1) is 6.54 Å². The first-order chi connectivity index (χ1) is 13.5. The van der Waals surface area contributed by atoms with E-state index in [2.05, 4.69) is 5.32 Å². The van der Waals surface area contributed by atoms with Gasteiger partial charge in [-0.15, -0.1) is 0 Å². The van der Waals surface area contributed by atoms with Crippen LogP contribution in [0.4, 0.5) is 18.0 Å². The highest BCUT2D eigenvalue weighted by Crippen LogP contribution is 2.55. The largest absolute Gasteiger partial charge is 0.332 e. The van der Waals surface area contributed by atoms with Crippen molar-refractivity contribution < 1.29 is 18.0 Å². The molecule has 1 heterocycles. The first kappa shape index (κ1) is 18.8. The zero-order valence-electron chi connectivity index (χ0n) is 15.5. The number of halogens is 3. The predicted molar refractivity (Wildman–Crippen MR) is 102 cm³/mol. The van der Waals surface area contributed by atoms with E-state index < -0.39 is 19.0 Å². The fraction of sp³-hybridized carbons (Fsp3) is 0.409. The van der Waals surface area contributed by atoms with Gasteiger partial charge in [0.15, 0.2) is 0 Å². The van der Waals surface area contributed by atoms with E-state index in [4.69, 9.17) is 0 Å². The van der Waals surface area contributed by atoms with Crippen molar-refractivity contribution in [2.24, 2.45) is 5.41 Å². The van der Waals surface area contributed by atoms with Crippen molar-refractivity contribution >= 4 is 6.03 Å². The molecule has 1 aliphatic carbocycles. The molecule has 4 rings (SSSR count). The van der Waals surface area contributed by atoms with Crippen LogP contribution < -0.4 is 5.32 Å². The summed E-state index contributed by atoms with van der Waals surface area (Å²) in [4.78, 5) is 14.1. The average Bonchev–Trinajstić information content (AvgIpc) is 3.35. The minimum atomic E-state index is -2.58. The molecule has 0 unspecified atom stereocenters. The Hall–Kier alpha value is -2.50. The smallest absolute Gasteiger partial charge is 0.317 e. The summed E-state index contributed by atoms with van der Waals surface area (Å²) in [6, 6.07) is 14.0. The number of nitrogens with zero attached hydrogens (tertiary/aromatic N) is 1. The van der Waals surface area contributed by atoms with Crippen LogP contribution in [0.5, 0.6) is 0 Å². The van der Waals surface area contributed by atoms with Gasteiger partial charge in [0.2, 0.25) is 0 Å². The van der Waals surface area contributed by atoms with E-state index in [1.807, 2.05) is 36.4 Å². The Morgan fingerprint density at radius 1 is 1.14 bits per heavy atom. The Morgan fingerprint density at radius 3 is 2.57 bits per heavy atom. The number of nitrogens with one attached hydrogen (secondary N) is 1. The van der Waals surface area contributed by atoms with Gasteiger partial charge in [-0.05, 0) is 42.2 Å². The number of carbonyl (C=O) groups is 1.